The summed E-state index contributed by atoms with van der Waals surface area (Å²) in [6.45, 7) is 2.04. The van der Waals surface area contributed by atoms with Crippen LogP contribution in [0.15, 0.2) is 40.9 Å². The van der Waals surface area contributed by atoms with Gasteiger partial charge in [-0.1, -0.05) is 45.7 Å². The summed E-state index contributed by atoms with van der Waals surface area (Å²) in [5, 5.41) is 1.31. The van der Waals surface area contributed by atoms with Crippen LogP contribution in [0.3, 0.4) is 0 Å². The van der Waals surface area contributed by atoms with E-state index in [9.17, 15) is 0 Å². The van der Waals surface area contributed by atoms with Crippen molar-refractivity contribution in [2.24, 2.45) is 0 Å². The second kappa shape index (κ2) is 6.09. The van der Waals surface area contributed by atoms with E-state index in [1.165, 1.54) is 5.56 Å². The highest BCUT2D eigenvalue weighted by Crippen LogP contribution is 2.37. The molecule has 2 aromatic rings. The fourth-order valence-corrected chi connectivity index (χ4v) is 2.82. The lowest BCUT2D eigenvalue weighted by Gasteiger charge is -2.13. The zero-order valence-electron chi connectivity index (χ0n) is 9.71. The minimum absolute atomic E-state index is 0.611. The molecule has 0 fully saturated rings. The summed E-state index contributed by atoms with van der Waals surface area (Å²) in [7, 11) is 0. The van der Waals surface area contributed by atoms with Gasteiger partial charge in [0.05, 0.1) is 9.50 Å². The van der Waals surface area contributed by atoms with Gasteiger partial charge in [-0.05, 0) is 46.6 Å². The van der Waals surface area contributed by atoms with E-state index in [1.807, 2.05) is 43.3 Å². The highest BCUT2D eigenvalue weighted by atomic mass is 79.9. The third kappa shape index (κ3) is 3.08. The molecule has 0 aromatic heterocycles. The van der Waals surface area contributed by atoms with Gasteiger partial charge in [0.2, 0.25) is 0 Å². The molecule has 94 valence electrons. The van der Waals surface area contributed by atoms with E-state index in [2.05, 4.69) is 31.9 Å². The predicted octanol–water partition coefficient (Wildman–Crippen LogP) is 6.10. The molecule has 0 saturated heterocycles. The second-order valence-electron chi connectivity index (χ2n) is 3.90. The van der Waals surface area contributed by atoms with Crippen molar-refractivity contribution in [2.45, 2.75) is 12.3 Å². The number of alkyl halides is 1. The SMILES string of the molecule is Cc1ccc(Oc2c(Cl)cccc2CBr)c(Br)c1. The average molecular weight is 391 g/mol. The summed E-state index contributed by atoms with van der Waals surface area (Å²) in [6, 6.07) is 11.7. The quantitative estimate of drug-likeness (QED) is 0.576. The molecule has 0 amide bonds. The molecule has 0 spiro atoms. The molecule has 2 aromatic carbocycles. The molecule has 2 rings (SSSR count). The van der Waals surface area contributed by atoms with Crippen molar-refractivity contribution in [2.75, 3.05) is 0 Å². The van der Waals surface area contributed by atoms with Crippen molar-refractivity contribution in [3.63, 3.8) is 0 Å². The summed E-state index contributed by atoms with van der Waals surface area (Å²) in [4.78, 5) is 0. The molecule has 0 radical (unpaired) electrons. The first-order valence-electron chi connectivity index (χ1n) is 5.39. The summed E-state index contributed by atoms with van der Waals surface area (Å²) in [5.74, 6) is 1.46. The second-order valence-corrected chi connectivity index (χ2v) is 5.72. The Morgan fingerprint density at radius 3 is 2.67 bits per heavy atom. The van der Waals surface area contributed by atoms with Crippen LogP contribution in [0.5, 0.6) is 11.5 Å². The van der Waals surface area contributed by atoms with E-state index in [-0.39, 0.29) is 0 Å². The summed E-state index contributed by atoms with van der Waals surface area (Å²) < 4.78 is 6.83. The van der Waals surface area contributed by atoms with Gasteiger partial charge in [0.15, 0.2) is 0 Å². The minimum Gasteiger partial charge on any atom is -0.454 e. The number of aryl methyl sites for hydroxylation is 1. The topological polar surface area (TPSA) is 9.23 Å². The van der Waals surface area contributed by atoms with Gasteiger partial charge in [-0.15, -0.1) is 0 Å². The Kier molecular flexibility index (Phi) is 4.71. The van der Waals surface area contributed by atoms with Crippen LogP contribution in [0.25, 0.3) is 0 Å². The van der Waals surface area contributed by atoms with Crippen LogP contribution in [0.4, 0.5) is 0 Å². The van der Waals surface area contributed by atoms with Crippen LogP contribution >= 0.6 is 43.5 Å². The molecule has 0 bridgehead atoms. The van der Waals surface area contributed by atoms with E-state index in [1.54, 1.807) is 0 Å². The van der Waals surface area contributed by atoms with Crippen LogP contribution in [0, 0.1) is 6.92 Å². The molecule has 0 saturated carbocycles. The number of rotatable bonds is 3. The number of hydrogen-bond donors (Lipinski definition) is 0. The normalized spacial score (nSPS) is 10.4. The molecule has 0 aliphatic rings. The Labute approximate surface area is 128 Å². The maximum Gasteiger partial charge on any atom is 0.150 e. The summed E-state index contributed by atoms with van der Waals surface area (Å²) >= 11 is 13.1. The lowest BCUT2D eigenvalue weighted by molar-refractivity contribution is 0.475. The maximum atomic E-state index is 6.18. The van der Waals surface area contributed by atoms with Crippen LogP contribution in [-0.2, 0) is 5.33 Å². The third-order valence-electron chi connectivity index (χ3n) is 2.49. The number of ether oxygens (including phenoxy) is 1. The molecule has 0 heterocycles. The molecule has 0 atom stereocenters. The Morgan fingerprint density at radius 1 is 1.22 bits per heavy atom. The van der Waals surface area contributed by atoms with E-state index in [4.69, 9.17) is 16.3 Å². The summed E-state index contributed by atoms with van der Waals surface area (Å²) in [6.07, 6.45) is 0. The van der Waals surface area contributed by atoms with E-state index in [0.717, 1.165) is 15.8 Å². The predicted molar refractivity (Wildman–Crippen MR) is 83.0 cm³/mol. The zero-order chi connectivity index (χ0) is 13.1. The van der Waals surface area contributed by atoms with Crippen LogP contribution < -0.4 is 4.74 Å². The Morgan fingerprint density at radius 2 is 2.00 bits per heavy atom. The van der Waals surface area contributed by atoms with Gasteiger partial charge in [-0.3, -0.25) is 0 Å². The number of para-hydroxylation sites is 1. The molecule has 0 aliphatic heterocycles. The Balaban J connectivity index is 2.39. The van der Waals surface area contributed by atoms with Crippen molar-refractivity contribution in [1.29, 1.82) is 0 Å². The molecule has 0 N–H and O–H groups in total. The standard InChI is InChI=1S/C14H11Br2ClO/c1-9-5-6-13(11(16)7-9)18-14-10(8-15)3-2-4-12(14)17/h2-7H,8H2,1H3. The fourth-order valence-electron chi connectivity index (χ4n) is 1.57. The number of halogens is 3. The Hall–Kier alpha value is -0.510. The molecule has 1 nitrogen and oxygen atoms in total. The molecule has 0 unspecified atom stereocenters. The smallest absolute Gasteiger partial charge is 0.150 e. The minimum atomic E-state index is 0.611. The van der Waals surface area contributed by atoms with Gasteiger partial charge in [-0.25, -0.2) is 0 Å². The average Bonchev–Trinajstić information content (AvgIpc) is 2.34. The fraction of sp³-hybridized carbons (Fsp3) is 0.143. The molecular weight excluding hydrogens is 379 g/mol. The van der Waals surface area contributed by atoms with Crippen molar-refractivity contribution in [3.05, 3.63) is 57.0 Å². The first kappa shape index (κ1) is 13.9. The van der Waals surface area contributed by atoms with Gasteiger partial charge in [0.1, 0.15) is 11.5 Å². The molecular formula is C14H11Br2ClO. The number of benzene rings is 2. The van der Waals surface area contributed by atoms with Crippen LogP contribution in [-0.4, -0.2) is 0 Å². The highest BCUT2D eigenvalue weighted by molar-refractivity contribution is 9.10. The number of hydrogen-bond acceptors (Lipinski definition) is 1. The first-order valence-corrected chi connectivity index (χ1v) is 7.68. The van der Waals surface area contributed by atoms with Crippen molar-refractivity contribution < 1.29 is 4.74 Å². The first-order chi connectivity index (χ1) is 8.61. The summed E-state index contributed by atoms with van der Waals surface area (Å²) in [5.41, 5.74) is 2.20. The van der Waals surface area contributed by atoms with Gasteiger partial charge in [-0.2, -0.15) is 0 Å². The highest BCUT2D eigenvalue weighted by Gasteiger charge is 2.10. The van der Waals surface area contributed by atoms with Gasteiger partial charge < -0.3 is 4.74 Å². The van der Waals surface area contributed by atoms with Crippen LogP contribution in [0.1, 0.15) is 11.1 Å². The van der Waals surface area contributed by atoms with E-state index < -0.39 is 0 Å². The van der Waals surface area contributed by atoms with Crippen molar-refractivity contribution >= 4 is 43.5 Å². The van der Waals surface area contributed by atoms with E-state index >= 15 is 0 Å². The lowest BCUT2D eigenvalue weighted by atomic mass is 10.2. The maximum absolute atomic E-state index is 6.18. The Bertz CT molecular complexity index is 570. The monoisotopic (exact) mass is 388 g/mol. The van der Waals surface area contributed by atoms with Crippen LogP contribution in [0.2, 0.25) is 5.02 Å². The molecule has 4 heteroatoms. The lowest BCUT2D eigenvalue weighted by Crippen LogP contribution is -1.91. The third-order valence-corrected chi connectivity index (χ3v) is 4.01. The van der Waals surface area contributed by atoms with Gasteiger partial charge in [0.25, 0.3) is 0 Å². The van der Waals surface area contributed by atoms with Gasteiger partial charge >= 0.3 is 0 Å². The van der Waals surface area contributed by atoms with Crippen molar-refractivity contribution in [1.82, 2.24) is 0 Å². The largest absolute Gasteiger partial charge is 0.454 e. The zero-order valence-corrected chi connectivity index (χ0v) is 13.6. The molecule has 0 aliphatic carbocycles. The molecule has 18 heavy (non-hydrogen) atoms. The van der Waals surface area contributed by atoms with Crippen molar-refractivity contribution in [3.8, 4) is 11.5 Å². The van der Waals surface area contributed by atoms with E-state index in [0.29, 0.717) is 16.1 Å². The van der Waals surface area contributed by atoms with Gasteiger partial charge in [0, 0.05) is 10.9 Å².